The molecule has 2 aromatic carbocycles. The lowest BCUT2D eigenvalue weighted by Gasteiger charge is -2.07. The van der Waals surface area contributed by atoms with Crippen LogP contribution in [0.3, 0.4) is 0 Å². The van der Waals surface area contributed by atoms with Crippen LogP contribution >= 0.6 is 11.3 Å². The summed E-state index contributed by atoms with van der Waals surface area (Å²) < 4.78 is 29.1. The number of hydrogen-bond donors (Lipinski definition) is 2. The molecule has 0 saturated carbocycles. The number of nitrogens with one attached hydrogen (secondary N) is 2. The van der Waals surface area contributed by atoms with Crippen LogP contribution in [0.1, 0.15) is 21.8 Å². The minimum Gasteiger partial charge on any atom is -0.245 e. The van der Waals surface area contributed by atoms with E-state index in [0.29, 0.717) is 0 Å². The molecule has 0 aliphatic carbocycles. The number of aromatic nitrogens is 1. The zero-order valence-electron chi connectivity index (χ0n) is 13.6. The molecule has 0 atom stereocenters. The second-order valence-electron chi connectivity index (χ2n) is 5.53. The van der Waals surface area contributed by atoms with E-state index in [1.807, 2.05) is 53.9 Å². The average Bonchev–Trinajstić information content (AvgIpc) is 3.08. The van der Waals surface area contributed by atoms with E-state index in [4.69, 9.17) is 0 Å². The monoisotopic (exact) mass is 373 g/mol. The molecule has 3 aromatic rings. The molecule has 1 heterocycles. The standard InChI is InChI=1S/C18H19N3O2S2/c22-25(23,19-12-16-9-5-2-6-10-16)20-13-17-14-24-18(21-17)11-15-7-3-1-4-8-15/h1-10,14,19-20H,11-13H2. The van der Waals surface area contributed by atoms with Crippen LogP contribution in [0, 0.1) is 0 Å². The molecule has 7 heteroatoms. The van der Waals surface area contributed by atoms with Gasteiger partial charge in [-0.05, 0) is 11.1 Å². The van der Waals surface area contributed by atoms with E-state index in [-0.39, 0.29) is 13.1 Å². The van der Waals surface area contributed by atoms with E-state index < -0.39 is 10.2 Å². The zero-order chi connectivity index (χ0) is 17.5. The van der Waals surface area contributed by atoms with E-state index in [2.05, 4.69) is 26.6 Å². The fourth-order valence-corrected chi connectivity index (χ4v) is 3.90. The largest absolute Gasteiger partial charge is 0.277 e. The first-order chi connectivity index (χ1) is 12.1. The minimum absolute atomic E-state index is 0.176. The Morgan fingerprint density at radius 3 is 2.12 bits per heavy atom. The van der Waals surface area contributed by atoms with Crippen molar-refractivity contribution in [3.05, 3.63) is 87.9 Å². The van der Waals surface area contributed by atoms with Crippen LogP contribution in [-0.4, -0.2) is 13.4 Å². The summed E-state index contributed by atoms with van der Waals surface area (Å²) in [6.45, 7) is 0.432. The van der Waals surface area contributed by atoms with Gasteiger partial charge in [0.25, 0.3) is 10.2 Å². The Hall–Kier alpha value is -2.06. The van der Waals surface area contributed by atoms with Crippen molar-refractivity contribution in [2.75, 3.05) is 0 Å². The predicted octanol–water partition coefficient (Wildman–Crippen LogP) is 2.86. The summed E-state index contributed by atoms with van der Waals surface area (Å²) in [7, 11) is -3.56. The molecule has 0 aliphatic rings. The number of benzene rings is 2. The van der Waals surface area contributed by atoms with E-state index in [0.717, 1.165) is 22.7 Å². The summed E-state index contributed by atoms with van der Waals surface area (Å²) in [6, 6.07) is 19.5. The Bertz CT molecular complexity index is 894. The Morgan fingerprint density at radius 2 is 1.44 bits per heavy atom. The first kappa shape index (κ1) is 17.8. The van der Waals surface area contributed by atoms with Gasteiger partial charge in [-0.2, -0.15) is 17.9 Å². The van der Waals surface area contributed by atoms with Gasteiger partial charge in [-0.3, -0.25) is 0 Å². The van der Waals surface area contributed by atoms with Crippen LogP contribution in [0.4, 0.5) is 0 Å². The van der Waals surface area contributed by atoms with Gasteiger partial charge in [-0.1, -0.05) is 60.7 Å². The number of thiazole rings is 1. The van der Waals surface area contributed by atoms with Crippen LogP contribution < -0.4 is 9.44 Å². The molecule has 2 N–H and O–H groups in total. The molecule has 0 unspecified atom stereocenters. The SMILES string of the molecule is O=S(=O)(NCc1ccccc1)NCc1csc(Cc2ccccc2)n1. The van der Waals surface area contributed by atoms with Crippen LogP contribution in [-0.2, 0) is 29.7 Å². The summed E-state index contributed by atoms with van der Waals surface area (Å²) in [5.41, 5.74) is 2.82. The van der Waals surface area contributed by atoms with Crippen molar-refractivity contribution in [1.29, 1.82) is 0 Å². The molecule has 0 spiro atoms. The molecule has 0 fully saturated rings. The quantitative estimate of drug-likeness (QED) is 0.638. The van der Waals surface area contributed by atoms with Crippen molar-refractivity contribution in [2.24, 2.45) is 0 Å². The van der Waals surface area contributed by atoms with Gasteiger partial charge in [0.1, 0.15) is 0 Å². The molecular weight excluding hydrogens is 354 g/mol. The number of hydrogen-bond acceptors (Lipinski definition) is 4. The normalized spacial score (nSPS) is 11.5. The van der Waals surface area contributed by atoms with Gasteiger partial charge in [-0.15, -0.1) is 11.3 Å². The fourth-order valence-electron chi connectivity index (χ4n) is 2.28. The molecule has 25 heavy (non-hydrogen) atoms. The van der Waals surface area contributed by atoms with Crippen molar-refractivity contribution in [2.45, 2.75) is 19.5 Å². The highest BCUT2D eigenvalue weighted by Crippen LogP contribution is 2.14. The molecule has 3 rings (SSSR count). The van der Waals surface area contributed by atoms with Crippen LogP contribution in [0.25, 0.3) is 0 Å². The first-order valence-electron chi connectivity index (χ1n) is 7.86. The summed E-state index contributed by atoms with van der Waals surface area (Å²) in [6.07, 6.45) is 0.754. The Balaban J connectivity index is 1.51. The third-order valence-electron chi connectivity index (χ3n) is 3.55. The van der Waals surface area contributed by atoms with Crippen LogP contribution in [0.2, 0.25) is 0 Å². The number of nitrogens with zero attached hydrogens (tertiary/aromatic N) is 1. The fraction of sp³-hybridized carbons (Fsp3) is 0.167. The molecule has 0 bridgehead atoms. The maximum atomic E-state index is 12.0. The Kier molecular flexibility index (Phi) is 5.93. The maximum absolute atomic E-state index is 12.0. The Morgan fingerprint density at radius 1 is 0.840 bits per heavy atom. The summed E-state index contributed by atoms with van der Waals surface area (Å²) in [4.78, 5) is 4.49. The molecule has 5 nitrogen and oxygen atoms in total. The van der Waals surface area contributed by atoms with Gasteiger partial charge in [0.2, 0.25) is 0 Å². The van der Waals surface area contributed by atoms with Crippen molar-refractivity contribution < 1.29 is 8.42 Å². The smallest absolute Gasteiger partial charge is 0.245 e. The molecule has 0 amide bonds. The third kappa shape index (κ3) is 5.75. The second-order valence-corrected chi connectivity index (χ2v) is 8.05. The van der Waals surface area contributed by atoms with E-state index >= 15 is 0 Å². The van der Waals surface area contributed by atoms with Crippen LogP contribution in [0.5, 0.6) is 0 Å². The predicted molar refractivity (Wildman–Crippen MR) is 100 cm³/mol. The van der Waals surface area contributed by atoms with Gasteiger partial charge in [0, 0.05) is 18.3 Å². The lowest BCUT2D eigenvalue weighted by Crippen LogP contribution is -2.35. The molecule has 0 radical (unpaired) electrons. The zero-order valence-corrected chi connectivity index (χ0v) is 15.2. The molecular formula is C18H19N3O2S2. The maximum Gasteiger partial charge on any atom is 0.277 e. The average molecular weight is 374 g/mol. The van der Waals surface area contributed by atoms with Crippen molar-refractivity contribution >= 4 is 21.5 Å². The highest BCUT2D eigenvalue weighted by molar-refractivity contribution is 7.87. The lowest BCUT2D eigenvalue weighted by atomic mass is 10.2. The summed E-state index contributed by atoms with van der Waals surface area (Å²) in [5, 5.41) is 2.86. The van der Waals surface area contributed by atoms with Gasteiger partial charge < -0.3 is 0 Å². The topological polar surface area (TPSA) is 71.1 Å². The molecule has 0 saturated heterocycles. The third-order valence-corrected chi connectivity index (χ3v) is 5.50. The van der Waals surface area contributed by atoms with Crippen molar-refractivity contribution in [3.8, 4) is 0 Å². The first-order valence-corrected chi connectivity index (χ1v) is 10.2. The van der Waals surface area contributed by atoms with E-state index in [1.165, 1.54) is 16.9 Å². The van der Waals surface area contributed by atoms with E-state index in [1.54, 1.807) is 0 Å². The van der Waals surface area contributed by atoms with Crippen LogP contribution in [0.15, 0.2) is 66.0 Å². The summed E-state index contributed by atoms with van der Waals surface area (Å²) in [5.74, 6) is 0. The molecule has 1 aromatic heterocycles. The summed E-state index contributed by atoms with van der Waals surface area (Å²) >= 11 is 1.54. The van der Waals surface area contributed by atoms with Gasteiger partial charge in [0.15, 0.2) is 0 Å². The van der Waals surface area contributed by atoms with Crippen molar-refractivity contribution in [3.63, 3.8) is 0 Å². The highest BCUT2D eigenvalue weighted by Gasteiger charge is 2.11. The van der Waals surface area contributed by atoms with Gasteiger partial charge in [-0.25, -0.2) is 4.98 Å². The highest BCUT2D eigenvalue weighted by atomic mass is 32.2. The van der Waals surface area contributed by atoms with Gasteiger partial charge >= 0.3 is 0 Å². The van der Waals surface area contributed by atoms with Gasteiger partial charge in [0.05, 0.1) is 17.2 Å². The van der Waals surface area contributed by atoms with E-state index in [9.17, 15) is 8.42 Å². The lowest BCUT2D eigenvalue weighted by molar-refractivity contribution is 0.565. The van der Waals surface area contributed by atoms with Crippen molar-refractivity contribution in [1.82, 2.24) is 14.4 Å². The number of rotatable bonds is 8. The minimum atomic E-state index is -3.56. The Labute approximate surface area is 151 Å². The molecule has 130 valence electrons. The second kappa shape index (κ2) is 8.35. The molecule has 0 aliphatic heterocycles.